The first kappa shape index (κ1) is 16.0. The molecule has 6 rings (SSSR count). The highest BCUT2D eigenvalue weighted by atomic mass is 16.3. The van der Waals surface area contributed by atoms with E-state index in [2.05, 4.69) is 46.4 Å². The Hall–Kier alpha value is -4.05. The number of nitrogens with zero attached hydrogens (tertiary/aromatic N) is 3. The van der Waals surface area contributed by atoms with E-state index < -0.39 is 0 Å². The summed E-state index contributed by atoms with van der Waals surface area (Å²) in [4.78, 5) is 13.7. The molecule has 2 aromatic heterocycles. The summed E-state index contributed by atoms with van der Waals surface area (Å²) in [7, 11) is 0. The van der Waals surface area contributed by atoms with Gasteiger partial charge in [0.25, 0.3) is 0 Å². The van der Waals surface area contributed by atoms with Gasteiger partial charge in [-0.2, -0.15) is 0 Å². The predicted molar refractivity (Wildman–Crippen MR) is 115 cm³/mol. The average molecular weight is 373 g/mol. The van der Waals surface area contributed by atoms with Crippen LogP contribution in [-0.4, -0.2) is 15.0 Å². The lowest BCUT2D eigenvalue weighted by Gasteiger charge is -2.06. The Bertz CT molecular complexity index is 1520. The van der Waals surface area contributed by atoms with Crippen LogP contribution in [0.3, 0.4) is 0 Å². The minimum Gasteiger partial charge on any atom is -0.456 e. The zero-order valence-corrected chi connectivity index (χ0v) is 15.4. The van der Waals surface area contributed by atoms with Gasteiger partial charge < -0.3 is 4.42 Å². The van der Waals surface area contributed by atoms with Gasteiger partial charge in [-0.25, -0.2) is 15.0 Å². The van der Waals surface area contributed by atoms with E-state index in [9.17, 15) is 0 Å². The fourth-order valence-electron chi connectivity index (χ4n) is 3.85. The van der Waals surface area contributed by atoms with Crippen molar-refractivity contribution in [1.82, 2.24) is 15.0 Å². The molecule has 0 amide bonds. The molecule has 4 heteroatoms. The Kier molecular flexibility index (Phi) is 3.43. The van der Waals surface area contributed by atoms with Crippen molar-refractivity contribution in [2.75, 3.05) is 0 Å². The van der Waals surface area contributed by atoms with E-state index in [-0.39, 0.29) is 0 Å². The number of hydrogen-bond donors (Lipinski definition) is 0. The van der Waals surface area contributed by atoms with Crippen LogP contribution in [0.25, 0.3) is 55.5 Å². The first-order valence-corrected chi connectivity index (χ1v) is 9.46. The number of rotatable bonds is 2. The largest absolute Gasteiger partial charge is 0.456 e. The van der Waals surface area contributed by atoms with Crippen molar-refractivity contribution < 1.29 is 4.42 Å². The molecule has 6 aromatic rings. The second kappa shape index (κ2) is 6.24. The van der Waals surface area contributed by atoms with Gasteiger partial charge in [-0.1, -0.05) is 66.7 Å². The lowest BCUT2D eigenvalue weighted by atomic mass is 10.1. The SMILES string of the molecule is c1ccc2cc(-c3ncnc(-c4cccc5oc6ccccc6c45)n3)ccc2c1. The third-order valence-electron chi connectivity index (χ3n) is 5.22. The lowest BCUT2D eigenvalue weighted by molar-refractivity contribution is 0.669. The lowest BCUT2D eigenvalue weighted by Crippen LogP contribution is -1.95. The van der Waals surface area contributed by atoms with Crippen molar-refractivity contribution >= 4 is 32.7 Å². The van der Waals surface area contributed by atoms with Gasteiger partial charge in [0.05, 0.1) is 0 Å². The van der Waals surface area contributed by atoms with E-state index in [1.54, 1.807) is 6.33 Å². The molecule has 0 spiro atoms. The molecule has 0 aliphatic rings. The molecule has 0 fully saturated rings. The van der Waals surface area contributed by atoms with Crippen LogP contribution in [0, 0.1) is 0 Å². The van der Waals surface area contributed by atoms with Gasteiger partial charge in [0.1, 0.15) is 17.5 Å². The monoisotopic (exact) mass is 373 g/mol. The minimum absolute atomic E-state index is 0.639. The number of fused-ring (bicyclic) bond motifs is 4. The van der Waals surface area contributed by atoms with Crippen molar-refractivity contribution in [2.45, 2.75) is 0 Å². The number of benzene rings is 4. The van der Waals surface area contributed by atoms with Gasteiger partial charge >= 0.3 is 0 Å². The van der Waals surface area contributed by atoms with E-state index in [1.807, 2.05) is 48.5 Å². The van der Waals surface area contributed by atoms with Crippen molar-refractivity contribution in [3.63, 3.8) is 0 Å². The Balaban J connectivity index is 1.55. The molecule has 136 valence electrons. The van der Waals surface area contributed by atoms with E-state index in [4.69, 9.17) is 9.40 Å². The zero-order chi connectivity index (χ0) is 19.2. The molecular weight excluding hydrogens is 358 g/mol. The minimum atomic E-state index is 0.639. The topological polar surface area (TPSA) is 51.8 Å². The predicted octanol–water partition coefficient (Wildman–Crippen LogP) is 6.26. The average Bonchev–Trinajstić information content (AvgIpc) is 3.18. The Morgan fingerprint density at radius 2 is 1.41 bits per heavy atom. The van der Waals surface area contributed by atoms with E-state index in [0.717, 1.165) is 38.5 Å². The summed E-state index contributed by atoms with van der Waals surface area (Å²) in [6, 6.07) is 28.6. The molecule has 4 nitrogen and oxygen atoms in total. The molecular formula is C25H15N3O. The van der Waals surface area contributed by atoms with E-state index >= 15 is 0 Å². The molecule has 0 saturated heterocycles. The maximum Gasteiger partial charge on any atom is 0.164 e. The highest BCUT2D eigenvalue weighted by Crippen LogP contribution is 2.35. The zero-order valence-electron chi connectivity index (χ0n) is 15.4. The second-order valence-electron chi connectivity index (χ2n) is 6.97. The van der Waals surface area contributed by atoms with Crippen molar-refractivity contribution in [3.8, 4) is 22.8 Å². The number of furan rings is 1. The maximum absolute atomic E-state index is 6.01. The molecule has 0 N–H and O–H groups in total. The summed E-state index contributed by atoms with van der Waals surface area (Å²) in [5, 5.41) is 4.44. The Morgan fingerprint density at radius 3 is 2.38 bits per heavy atom. The fourth-order valence-corrected chi connectivity index (χ4v) is 3.85. The molecule has 4 aromatic carbocycles. The molecule has 0 radical (unpaired) electrons. The van der Waals surface area contributed by atoms with Crippen LogP contribution in [0.1, 0.15) is 0 Å². The summed E-state index contributed by atoms with van der Waals surface area (Å²) in [6.45, 7) is 0. The third kappa shape index (κ3) is 2.57. The summed E-state index contributed by atoms with van der Waals surface area (Å²) in [6.07, 6.45) is 1.58. The van der Waals surface area contributed by atoms with Crippen LogP contribution in [0.4, 0.5) is 0 Å². The van der Waals surface area contributed by atoms with E-state index in [1.165, 1.54) is 5.39 Å². The standard InChI is InChI=1S/C25H15N3O/c1-2-7-17-14-18(13-12-16(17)6-1)24-26-15-27-25(28-24)20-9-5-11-22-23(20)19-8-3-4-10-21(19)29-22/h1-15H. The van der Waals surface area contributed by atoms with Gasteiger partial charge in [-0.05, 0) is 29.0 Å². The van der Waals surface area contributed by atoms with Gasteiger partial charge in [0.2, 0.25) is 0 Å². The number of para-hydroxylation sites is 1. The van der Waals surface area contributed by atoms with E-state index in [0.29, 0.717) is 11.6 Å². The smallest absolute Gasteiger partial charge is 0.164 e. The molecule has 29 heavy (non-hydrogen) atoms. The van der Waals surface area contributed by atoms with Crippen LogP contribution < -0.4 is 0 Å². The van der Waals surface area contributed by atoms with Gasteiger partial charge in [0.15, 0.2) is 11.6 Å². The van der Waals surface area contributed by atoms with Crippen LogP contribution in [0.5, 0.6) is 0 Å². The third-order valence-corrected chi connectivity index (χ3v) is 5.22. The molecule has 0 aliphatic heterocycles. The molecule has 0 unspecified atom stereocenters. The summed E-state index contributed by atoms with van der Waals surface area (Å²) in [5.74, 6) is 1.30. The normalized spacial score (nSPS) is 11.4. The first-order valence-electron chi connectivity index (χ1n) is 9.46. The molecule has 0 aliphatic carbocycles. The molecule has 2 heterocycles. The maximum atomic E-state index is 6.01. The molecule has 0 bridgehead atoms. The summed E-state index contributed by atoms with van der Waals surface area (Å²) >= 11 is 0. The number of hydrogen-bond acceptors (Lipinski definition) is 4. The first-order chi connectivity index (χ1) is 14.4. The fraction of sp³-hybridized carbons (Fsp3) is 0. The highest BCUT2D eigenvalue weighted by molar-refractivity contribution is 6.11. The van der Waals surface area contributed by atoms with Crippen LogP contribution in [0.15, 0.2) is 95.7 Å². The van der Waals surface area contributed by atoms with Crippen molar-refractivity contribution in [1.29, 1.82) is 0 Å². The molecule has 0 atom stereocenters. The Labute approximate surface area is 166 Å². The highest BCUT2D eigenvalue weighted by Gasteiger charge is 2.14. The van der Waals surface area contributed by atoms with Gasteiger partial charge in [-0.3, -0.25) is 0 Å². The summed E-state index contributed by atoms with van der Waals surface area (Å²) < 4.78 is 6.01. The van der Waals surface area contributed by atoms with Gasteiger partial charge in [0, 0.05) is 21.9 Å². The van der Waals surface area contributed by atoms with Gasteiger partial charge in [-0.15, -0.1) is 0 Å². The Morgan fingerprint density at radius 1 is 0.621 bits per heavy atom. The van der Waals surface area contributed by atoms with Crippen LogP contribution >= 0.6 is 0 Å². The van der Waals surface area contributed by atoms with Crippen molar-refractivity contribution in [2.24, 2.45) is 0 Å². The quantitative estimate of drug-likeness (QED) is 0.359. The second-order valence-corrected chi connectivity index (χ2v) is 6.97. The van der Waals surface area contributed by atoms with Crippen molar-refractivity contribution in [3.05, 3.63) is 91.3 Å². The van der Waals surface area contributed by atoms with Crippen LogP contribution in [-0.2, 0) is 0 Å². The van der Waals surface area contributed by atoms with Crippen LogP contribution in [0.2, 0.25) is 0 Å². The summed E-state index contributed by atoms with van der Waals surface area (Å²) in [5.41, 5.74) is 3.60. The number of aromatic nitrogens is 3. The molecule has 0 saturated carbocycles.